The van der Waals surface area contributed by atoms with E-state index in [1.54, 1.807) is 20.2 Å². The van der Waals surface area contributed by atoms with Crippen LogP contribution in [-0.4, -0.2) is 37.4 Å². The molecule has 0 unspecified atom stereocenters. The van der Waals surface area contributed by atoms with E-state index in [1.807, 2.05) is 12.1 Å². The average Bonchev–Trinajstić information content (AvgIpc) is 2.31. The fourth-order valence-electron chi connectivity index (χ4n) is 1.23. The number of nitrogens with one attached hydrogen (secondary N) is 1. The number of amides is 2. The highest BCUT2D eigenvalue weighted by Crippen LogP contribution is 2.19. The SMILES string of the molecule is CNC(=O)CN(C)C(=O)c1cc(Br)ccc1I. The van der Waals surface area contributed by atoms with Crippen molar-refractivity contribution in [2.24, 2.45) is 0 Å². The van der Waals surface area contributed by atoms with Crippen LogP contribution in [0.2, 0.25) is 0 Å². The minimum Gasteiger partial charge on any atom is -0.358 e. The predicted molar refractivity (Wildman–Crippen MR) is 77.9 cm³/mol. The number of carbonyl (C=O) groups is 2. The summed E-state index contributed by atoms with van der Waals surface area (Å²) in [4.78, 5) is 24.7. The molecule has 0 saturated heterocycles. The van der Waals surface area contributed by atoms with Crippen LogP contribution in [0.3, 0.4) is 0 Å². The molecule has 4 nitrogen and oxygen atoms in total. The second kappa shape index (κ2) is 6.34. The maximum Gasteiger partial charge on any atom is 0.255 e. The lowest BCUT2D eigenvalue weighted by Gasteiger charge is -2.17. The standard InChI is InChI=1S/C11H12BrIN2O2/c1-14-10(16)6-15(2)11(17)8-5-7(12)3-4-9(8)13/h3-5H,6H2,1-2H3,(H,14,16). The fourth-order valence-corrected chi connectivity index (χ4v) is 2.16. The average molecular weight is 411 g/mol. The molecule has 6 heteroatoms. The molecule has 0 fully saturated rings. The molecule has 0 spiro atoms. The van der Waals surface area contributed by atoms with Crippen molar-refractivity contribution in [2.75, 3.05) is 20.6 Å². The molecule has 0 atom stereocenters. The first kappa shape index (κ1) is 14.4. The molecule has 1 aromatic carbocycles. The monoisotopic (exact) mass is 410 g/mol. The Kier molecular flexibility index (Phi) is 5.38. The number of halogens is 2. The Labute approximate surface area is 122 Å². The van der Waals surface area contributed by atoms with Crippen LogP contribution in [0.5, 0.6) is 0 Å². The van der Waals surface area contributed by atoms with Gasteiger partial charge in [0.1, 0.15) is 0 Å². The normalized spacial score (nSPS) is 9.88. The molecule has 0 aliphatic rings. The Balaban J connectivity index is 2.88. The van der Waals surface area contributed by atoms with Gasteiger partial charge in [0.2, 0.25) is 5.91 Å². The molecule has 1 rings (SSSR count). The smallest absolute Gasteiger partial charge is 0.255 e. The largest absolute Gasteiger partial charge is 0.358 e. The van der Waals surface area contributed by atoms with Crippen molar-refractivity contribution in [2.45, 2.75) is 0 Å². The van der Waals surface area contributed by atoms with E-state index in [0.717, 1.165) is 8.04 Å². The minimum absolute atomic E-state index is 0.0535. The fraction of sp³-hybridized carbons (Fsp3) is 0.273. The molecular formula is C11H12BrIN2O2. The quantitative estimate of drug-likeness (QED) is 0.773. The predicted octanol–water partition coefficient (Wildman–Crippen LogP) is 1.87. The highest BCUT2D eigenvalue weighted by atomic mass is 127. The van der Waals surface area contributed by atoms with E-state index in [9.17, 15) is 9.59 Å². The molecular weight excluding hydrogens is 399 g/mol. The van der Waals surface area contributed by atoms with Gasteiger partial charge >= 0.3 is 0 Å². The molecule has 17 heavy (non-hydrogen) atoms. The first-order valence-electron chi connectivity index (χ1n) is 4.86. The van der Waals surface area contributed by atoms with E-state index in [2.05, 4.69) is 43.8 Å². The summed E-state index contributed by atoms with van der Waals surface area (Å²) < 4.78 is 1.70. The first-order valence-corrected chi connectivity index (χ1v) is 6.74. The molecule has 0 aromatic heterocycles. The Morgan fingerprint density at radius 1 is 1.47 bits per heavy atom. The summed E-state index contributed by atoms with van der Waals surface area (Å²) in [5, 5.41) is 2.48. The topological polar surface area (TPSA) is 49.4 Å². The van der Waals surface area contributed by atoms with Gasteiger partial charge in [-0.15, -0.1) is 0 Å². The Bertz CT molecular complexity index is 451. The molecule has 0 saturated carbocycles. The lowest BCUT2D eigenvalue weighted by atomic mass is 10.2. The van der Waals surface area contributed by atoms with Crippen LogP contribution in [0.15, 0.2) is 22.7 Å². The second-order valence-corrected chi connectivity index (χ2v) is 5.54. The number of carbonyl (C=O) groups excluding carboxylic acids is 2. The number of nitrogens with zero attached hydrogens (tertiary/aromatic N) is 1. The van der Waals surface area contributed by atoms with Crippen molar-refractivity contribution >= 4 is 50.3 Å². The Hall–Kier alpha value is -0.630. The molecule has 2 amide bonds. The first-order chi connectivity index (χ1) is 7.95. The highest BCUT2D eigenvalue weighted by molar-refractivity contribution is 14.1. The zero-order valence-corrected chi connectivity index (χ0v) is 13.2. The molecule has 92 valence electrons. The number of hydrogen-bond donors (Lipinski definition) is 1. The maximum absolute atomic E-state index is 12.1. The molecule has 0 heterocycles. The summed E-state index contributed by atoms with van der Waals surface area (Å²) in [6, 6.07) is 5.48. The number of rotatable bonds is 3. The zero-order valence-electron chi connectivity index (χ0n) is 9.46. The van der Waals surface area contributed by atoms with Crippen LogP contribution in [0.4, 0.5) is 0 Å². The van der Waals surface area contributed by atoms with Gasteiger partial charge in [-0.3, -0.25) is 9.59 Å². The maximum atomic E-state index is 12.1. The van der Waals surface area contributed by atoms with Crippen LogP contribution in [0, 0.1) is 3.57 Å². The molecule has 0 bridgehead atoms. The summed E-state index contributed by atoms with van der Waals surface area (Å²) in [6.45, 7) is 0.0535. The lowest BCUT2D eigenvalue weighted by molar-refractivity contribution is -0.121. The molecule has 1 aromatic rings. The van der Waals surface area contributed by atoms with E-state index in [4.69, 9.17) is 0 Å². The third kappa shape index (κ3) is 3.95. The summed E-state index contributed by atoms with van der Waals surface area (Å²) in [5.41, 5.74) is 0.589. The van der Waals surface area contributed by atoms with E-state index >= 15 is 0 Å². The Morgan fingerprint density at radius 2 is 2.12 bits per heavy atom. The zero-order chi connectivity index (χ0) is 13.0. The van der Waals surface area contributed by atoms with Crippen molar-refractivity contribution in [3.63, 3.8) is 0 Å². The second-order valence-electron chi connectivity index (χ2n) is 3.46. The summed E-state index contributed by atoms with van der Waals surface area (Å²) in [7, 11) is 3.15. The molecule has 0 radical (unpaired) electrons. The molecule has 0 aliphatic carbocycles. The van der Waals surface area contributed by atoms with E-state index in [-0.39, 0.29) is 18.4 Å². The van der Waals surface area contributed by atoms with Gasteiger partial charge < -0.3 is 10.2 Å². The Morgan fingerprint density at radius 3 is 2.71 bits per heavy atom. The van der Waals surface area contributed by atoms with Crippen LogP contribution in [0.25, 0.3) is 0 Å². The summed E-state index contributed by atoms with van der Waals surface area (Å²) >= 11 is 5.42. The van der Waals surface area contributed by atoms with Crippen molar-refractivity contribution in [3.05, 3.63) is 31.8 Å². The number of benzene rings is 1. The van der Waals surface area contributed by atoms with Gasteiger partial charge in [0.15, 0.2) is 0 Å². The van der Waals surface area contributed by atoms with Crippen LogP contribution >= 0.6 is 38.5 Å². The third-order valence-electron chi connectivity index (χ3n) is 2.17. The molecule has 0 aliphatic heterocycles. The van der Waals surface area contributed by atoms with Crippen molar-refractivity contribution in [1.29, 1.82) is 0 Å². The van der Waals surface area contributed by atoms with Gasteiger partial charge in [-0.05, 0) is 40.8 Å². The molecule has 1 N–H and O–H groups in total. The van der Waals surface area contributed by atoms with Gasteiger partial charge in [-0.1, -0.05) is 15.9 Å². The summed E-state index contributed by atoms with van der Waals surface area (Å²) in [6.07, 6.45) is 0. The summed E-state index contributed by atoms with van der Waals surface area (Å²) in [5.74, 6) is -0.356. The van der Waals surface area contributed by atoms with Crippen LogP contribution in [-0.2, 0) is 4.79 Å². The van der Waals surface area contributed by atoms with E-state index in [0.29, 0.717) is 5.56 Å². The van der Waals surface area contributed by atoms with Crippen molar-refractivity contribution in [1.82, 2.24) is 10.2 Å². The van der Waals surface area contributed by atoms with E-state index < -0.39 is 0 Å². The lowest BCUT2D eigenvalue weighted by Crippen LogP contribution is -2.37. The van der Waals surface area contributed by atoms with Crippen LogP contribution < -0.4 is 5.32 Å². The number of hydrogen-bond acceptors (Lipinski definition) is 2. The van der Waals surface area contributed by atoms with Crippen molar-refractivity contribution in [3.8, 4) is 0 Å². The number of likely N-dealkylation sites (N-methyl/N-ethyl adjacent to an activating group) is 2. The van der Waals surface area contributed by atoms with Gasteiger partial charge in [-0.25, -0.2) is 0 Å². The highest BCUT2D eigenvalue weighted by Gasteiger charge is 2.16. The third-order valence-corrected chi connectivity index (χ3v) is 3.60. The van der Waals surface area contributed by atoms with Crippen molar-refractivity contribution < 1.29 is 9.59 Å². The van der Waals surface area contributed by atoms with Gasteiger partial charge in [-0.2, -0.15) is 0 Å². The minimum atomic E-state index is -0.189. The van der Waals surface area contributed by atoms with E-state index in [1.165, 1.54) is 4.90 Å². The van der Waals surface area contributed by atoms with Crippen LogP contribution in [0.1, 0.15) is 10.4 Å². The van der Waals surface area contributed by atoms with Gasteiger partial charge in [0.05, 0.1) is 12.1 Å². The van der Waals surface area contributed by atoms with Gasteiger partial charge in [0, 0.05) is 22.1 Å². The van der Waals surface area contributed by atoms with Gasteiger partial charge in [0.25, 0.3) is 5.91 Å².